The summed E-state index contributed by atoms with van der Waals surface area (Å²) in [6.07, 6.45) is 0. The van der Waals surface area contributed by atoms with Crippen molar-refractivity contribution in [3.05, 3.63) is 35.0 Å². The van der Waals surface area contributed by atoms with Crippen LogP contribution in [-0.2, 0) is 0 Å². The maximum Gasteiger partial charge on any atom is 0.163 e. The molecular weight excluding hydrogens is 262 g/mol. The maximum atomic E-state index is 9.15. The SMILES string of the molecule is CCN(CC)c1ccc(C)cc1NC(C#N)=C(C#N)C#N. The van der Waals surface area contributed by atoms with E-state index in [9.17, 15) is 0 Å². The molecule has 0 spiro atoms. The van der Waals surface area contributed by atoms with Gasteiger partial charge in [0.15, 0.2) is 5.57 Å². The topological polar surface area (TPSA) is 86.6 Å². The Bertz CT molecular complexity index is 647. The Labute approximate surface area is 125 Å². The van der Waals surface area contributed by atoms with Gasteiger partial charge in [0.05, 0.1) is 11.4 Å². The second-order valence-corrected chi connectivity index (χ2v) is 4.40. The van der Waals surface area contributed by atoms with Crippen LogP contribution in [0.3, 0.4) is 0 Å². The van der Waals surface area contributed by atoms with Crippen molar-refractivity contribution < 1.29 is 0 Å². The highest BCUT2D eigenvalue weighted by Crippen LogP contribution is 2.28. The second-order valence-electron chi connectivity index (χ2n) is 4.40. The van der Waals surface area contributed by atoms with E-state index in [1.165, 1.54) is 0 Å². The molecule has 1 aromatic carbocycles. The van der Waals surface area contributed by atoms with Crippen LogP contribution in [0.2, 0.25) is 0 Å². The number of hydrogen-bond donors (Lipinski definition) is 1. The molecule has 0 aliphatic carbocycles. The van der Waals surface area contributed by atoms with Crippen LogP contribution in [-0.4, -0.2) is 13.1 Å². The minimum absolute atomic E-state index is 0.0287. The minimum atomic E-state index is -0.218. The van der Waals surface area contributed by atoms with Crippen LogP contribution in [0.5, 0.6) is 0 Å². The minimum Gasteiger partial charge on any atom is -0.370 e. The van der Waals surface area contributed by atoms with Crippen LogP contribution in [0.15, 0.2) is 29.5 Å². The molecule has 0 heterocycles. The summed E-state index contributed by atoms with van der Waals surface area (Å²) in [6.45, 7) is 7.68. The Kier molecular flexibility index (Phi) is 5.80. The molecule has 0 radical (unpaired) electrons. The molecular formula is C16H17N5. The highest BCUT2D eigenvalue weighted by molar-refractivity contribution is 5.74. The zero-order valence-electron chi connectivity index (χ0n) is 12.4. The van der Waals surface area contributed by atoms with Crippen molar-refractivity contribution in [3.63, 3.8) is 0 Å². The molecule has 5 nitrogen and oxygen atoms in total. The number of rotatable bonds is 5. The number of allylic oxidation sites excluding steroid dienone is 2. The van der Waals surface area contributed by atoms with Crippen molar-refractivity contribution >= 4 is 11.4 Å². The largest absolute Gasteiger partial charge is 0.370 e. The van der Waals surface area contributed by atoms with Gasteiger partial charge in [-0.3, -0.25) is 0 Å². The fourth-order valence-corrected chi connectivity index (χ4v) is 2.01. The van der Waals surface area contributed by atoms with Crippen molar-refractivity contribution in [2.75, 3.05) is 23.3 Å². The zero-order chi connectivity index (χ0) is 15.8. The van der Waals surface area contributed by atoms with E-state index in [-0.39, 0.29) is 11.3 Å². The van der Waals surface area contributed by atoms with Crippen molar-refractivity contribution in [2.45, 2.75) is 20.8 Å². The summed E-state index contributed by atoms with van der Waals surface area (Å²) in [4.78, 5) is 2.13. The summed E-state index contributed by atoms with van der Waals surface area (Å²) < 4.78 is 0. The van der Waals surface area contributed by atoms with Gasteiger partial charge in [-0.05, 0) is 38.5 Å². The first kappa shape index (κ1) is 16.1. The van der Waals surface area contributed by atoms with E-state index in [1.54, 1.807) is 12.1 Å². The third-order valence-corrected chi connectivity index (χ3v) is 3.10. The lowest BCUT2D eigenvalue weighted by Crippen LogP contribution is -2.23. The summed E-state index contributed by atoms with van der Waals surface area (Å²) in [5, 5.41) is 29.9. The molecule has 0 saturated carbocycles. The van der Waals surface area contributed by atoms with Crippen LogP contribution in [0.25, 0.3) is 0 Å². The molecule has 1 aromatic rings. The van der Waals surface area contributed by atoms with Gasteiger partial charge in [0, 0.05) is 13.1 Å². The van der Waals surface area contributed by atoms with Crippen molar-refractivity contribution in [1.82, 2.24) is 0 Å². The predicted octanol–water partition coefficient (Wildman–Crippen LogP) is 3.08. The molecule has 1 N–H and O–H groups in total. The van der Waals surface area contributed by atoms with Crippen molar-refractivity contribution in [1.29, 1.82) is 15.8 Å². The molecule has 0 saturated heterocycles. The van der Waals surface area contributed by atoms with Crippen LogP contribution >= 0.6 is 0 Å². The Balaban J connectivity index is 3.35. The average molecular weight is 279 g/mol. The molecule has 0 amide bonds. The first-order chi connectivity index (χ1) is 10.1. The van der Waals surface area contributed by atoms with E-state index in [1.807, 2.05) is 45.0 Å². The number of hydrogen-bond acceptors (Lipinski definition) is 5. The molecule has 0 atom stereocenters. The van der Waals surface area contributed by atoms with Gasteiger partial charge in [0.25, 0.3) is 0 Å². The molecule has 0 aliphatic rings. The normalized spacial score (nSPS) is 8.95. The van der Waals surface area contributed by atoms with E-state index >= 15 is 0 Å². The highest BCUT2D eigenvalue weighted by atomic mass is 15.1. The summed E-state index contributed by atoms with van der Waals surface area (Å²) in [6, 6.07) is 11.2. The Morgan fingerprint density at radius 3 is 2.19 bits per heavy atom. The van der Waals surface area contributed by atoms with Crippen molar-refractivity contribution in [3.8, 4) is 18.2 Å². The molecule has 5 heteroatoms. The fourth-order valence-electron chi connectivity index (χ4n) is 2.01. The van der Waals surface area contributed by atoms with Crippen LogP contribution in [0.1, 0.15) is 19.4 Å². The fraction of sp³-hybridized carbons (Fsp3) is 0.312. The smallest absolute Gasteiger partial charge is 0.163 e. The van der Waals surface area contributed by atoms with Gasteiger partial charge in [0.1, 0.15) is 23.9 Å². The monoisotopic (exact) mass is 279 g/mol. The molecule has 21 heavy (non-hydrogen) atoms. The zero-order valence-corrected chi connectivity index (χ0v) is 12.4. The van der Waals surface area contributed by atoms with E-state index in [0.29, 0.717) is 0 Å². The second kappa shape index (κ2) is 7.58. The average Bonchev–Trinajstić information content (AvgIpc) is 2.50. The molecule has 0 fully saturated rings. The summed E-state index contributed by atoms with van der Waals surface area (Å²) in [7, 11) is 0. The van der Waals surface area contributed by atoms with Crippen LogP contribution < -0.4 is 10.2 Å². The van der Waals surface area contributed by atoms with Gasteiger partial charge in [-0.25, -0.2) is 0 Å². The maximum absolute atomic E-state index is 9.15. The first-order valence-electron chi connectivity index (χ1n) is 6.68. The lowest BCUT2D eigenvalue weighted by molar-refractivity contribution is 0.867. The molecule has 106 valence electrons. The Morgan fingerprint density at radius 1 is 1.10 bits per heavy atom. The Morgan fingerprint density at radius 2 is 1.71 bits per heavy atom. The summed E-state index contributed by atoms with van der Waals surface area (Å²) >= 11 is 0. The number of anilines is 2. The van der Waals surface area contributed by atoms with Gasteiger partial charge < -0.3 is 10.2 Å². The number of benzene rings is 1. The van der Waals surface area contributed by atoms with Crippen LogP contribution in [0.4, 0.5) is 11.4 Å². The van der Waals surface area contributed by atoms with Crippen LogP contribution in [0, 0.1) is 40.9 Å². The molecule has 0 bridgehead atoms. The van der Waals surface area contributed by atoms with Gasteiger partial charge in [-0.2, -0.15) is 15.8 Å². The third kappa shape index (κ3) is 3.75. The lowest BCUT2D eigenvalue weighted by atomic mass is 10.1. The van der Waals surface area contributed by atoms with Gasteiger partial charge in [-0.15, -0.1) is 0 Å². The third-order valence-electron chi connectivity index (χ3n) is 3.10. The van der Waals surface area contributed by atoms with E-state index in [4.69, 9.17) is 15.8 Å². The standard InChI is InChI=1S/C16H17N5/c1-4-21(5-2)16-7-6-12(3)8-14(16)20-15(11-19)13(9-17)10-18/h6-8,20H,4-5H2,1-3H3. The first-order valence-corrected chi connectivity index (χ1v) is 6.68. The Hall–Kier alpha value is -2.97. The number of nitrogens with zero attached hydrogens (tertiary/aromatic N) is 4. The van der Waals surface area contributed by atoms with Gasteiger partial charge in [0.2, 0.25) is 0 Å². The highest BCUT2D eigenvalue weighted by Gasteiger charge is 2.12. The number of nitrogens with one attached hydrogen (secondary N) is 1. The quantitative estimate of drug-likeness (QED) is 0.837. The predicted molar refractivity (Wildman–Crippen MR) is 82.2 cm³/mol. The number of aryl methyl sites for hydroxylation is 1. The molecule has 1 rings (SSSR count). The molecule has 0 unspecified atom stereocenters. The molecule has 0 aliphatic heterocycles. The summed E-state index contributed by atoms with van der Waals surface area (Å²) in [5.74, 6) is 0. The van der Waals surface area contributed by atoms with Crippen molar-refractivity contribution in [2.24, 2.45) is 0 Å². The number of nitriles is 3. The van der Waals surface area contributed by atoms with E-state index < -0.39 is 0 Å². The van der Waals surface area contributed by atoms with E-state index in [0.717, 1.165) is 30.0 Å². The van der Waals surface area contributed by atoms with Gasteiger partial charge >= 0.3 is 0 Å². The van der Waals surface area contributed by atoms with Gasteiger partial charge in [-0.1, -0.05) is 6.07 Å². The van der Waals surface area contributed by atoms with E-state index in [2.05, 4.69) is 10.2 Å². The summed E-state index contributed by atoms with van der Waals surface area (Å²) in [5.41, 5.74) is 2.44. The molecule has 0 aromatic heterocycles. The lowest BCUT2D eigenvalue weighted by Gasteiger charge is -2.24.